The maximum absolute atomic E-state index is 12.4. The summed E-state index contributed by atoms with van der Waals surface area (Å²) in [5.74, 6) is -0.746. The van der Waals surface area contributed by atoms with Crippen LogP contribution in [0.3, 0.4) is 0 Å². The van der Waals surface area contributed by atoms with Crippen LogP contribution in [-0.4, -0.2) is 48.9 Å². The van der Waals surface area contributed by atoms with Crippen LogP contribution in [-0.2, 0) is 14.3 Å². The van der Waals surface area contributed by atoms with Gasteiger partial charge in [-0.25, -0.2) is 0 Å². The predicted molar refractivity (Wildman–Crippen MR) is 110 cm³/mol. The molecule has 0 aromatic heterocycles. The summed E-state index contributed by atoms with van der Waals surface area (Å²) in [5, 5.41) is 2.69. The molecule has 6 nitrogen and oxygen atoms in total. The molecule has 1 N–H and O–H groups in total. The van der Waals surface area contributed by atoms with Gasteiger partial charge in [0.1, 0.15) is 0 Å². The number of hydrogen-bond donors (Lipinski definition) is 1. The van der Waals surface area contributed by atoms with Gasteiger partial charge in [-0.05, 0) is 43.0 Å². The first-order chi connectivity index (χ1) is 14.1. The number of rotatable bonds is 6. The summed E-state index contributed by atoms with van der Waals surface area (Å²) in [5.41, 5.74) is 2.63. The van der Waals surface area contributed by atoms with E-state index in [0.29, 0.717) is 38.1 Å². The summed E-state index contributed by atoms with van der Waals surface area (Å²) < 4.78 is 5.04. The van der Waals surface area contributed by atoms with Crippen molar-refractivity contribution in [1.29, 1.82) is 0 Å². The molecule has 0 atom stereocenters. The minimum absolute atomic E-state index is 0.0522. The molecule has 6 heteroatoms. The molecule has 29 heavy (non-hydrogen) atoms. The van der Waals surface area contributed by atoms with Crippen molar-refractivity contribution in [3.8, 4) is 11.1 Å². The zero-order valence-electron chi connectivity index (χ0n) is 16.6. The number of amides is 2. The Hall–Kier alpha value is -3.15. The molecule has 0 radical (unpaired) electrons. The normalized spacial score (nSPS) is 14.3. The van der Waals surface area contributed by atoms with Gasteiger partial charge in [-0.15, -0.1) is 0 Å². The van der Waals surface area contributed by atoms with Gasteiger partial charge in [0.2, 0.25) is 5.91 Å². The SMILES string of the molecule is CCOC(=O)C1CCN(C(=O)CNC(=O)c2ccc(-c3ccccc3)cc2)CC1. The van der Waals surface area contributed by atoms with Gasteiger partial charge in [0.15, 0.2) is 0 Å². The molecule has 0 saturated carbocycles. The standard InChI is InChI=1S/C23H26N2O4/c1-2-29-23(28)20-12-14-25(15-13-20)21(26)16-24-22(27)19-10-8-18(9-11-19)17-6-4-3-5-7-17/h3-11,20H,2,12-16H2,1H3,(H,24,27). The maximum atomic E-state index is 12.4. The van der Waals surface area contributed by atoms with E-state index in [9.17, 15) is 14.4 Å². The van der Waals surface area contributed by atoms with Gasteiger partial charge < -0.3 is 15.0 Å². The van der Waals surface area contributed by atoms with E-state index >= 15 is 0 Å². The van der Waals surface area contributed by atoms with Crippen LogP contribution in [0.5, 0.6) is 0 Å². The predicted octanol–water partition coefficient (Wildman–Crippen LogP) is 2.89. The highest BCUT2D eigenvalue weighted by molar-refractivity contribution is 5.96. The third-order valence-electron chi connectivity index (χ3n) is 5.12. The first-order valence-electron chi connectivity index (χ1n) is 9.96. The van der Waals surface area contributed by atoms with Crippen molar-refractivity contribution in [2.75, 3.05) is 26.2 Å². The molecule has 1 heterocycles. The Morgan fingerprint density at radius 3 is 2.21 bits per heavy atom. The number of carbonyl (C=O) groups excluding carboxylic acids is 3. The number of nitrogens with one attached hydrogen (secondary N) is 1. The average Bonchev–Trinajstić information content (AvgIpc) is 2.78. The summed E-state index contributed by atoms with van der Waals surface area (Å²) in [7, 11) is 0. The van der Waals surface area contributed by atoms with Crippen LogP contribution in [0, 0.1) is 5.92 Å². The number of hydrogen-bond acceptors (Lipinski definition) is 4. The number of benzene rings is 2. The second-order valence-electron chi connectivity index (χ2n) is 7.03. The molecule has 1 fully saturated rings. The minimum atomic E-state index is -0.278. The molecule has 0 spiro atoms. The smallest absolute Gasteiger partial charge is 0.309 e. The van der Waals surface area contributed by atoms with Crippen molar-refractivity contribution in [3.05, 3.63) is 60.2 Å². The number of carbonyl (C=O) groups is 3. The van der Waals surface area contributed by atoms with Gasteiger partial charge in [0.25, 0.3) is 5.91 Å². The molecule has 2 aromatic carbocycles. The van der Waals surface area contributed by atoms with Crippen molar-refractivity contribution in [3.63, 3.8) is 0 Å². The van der Waals surface area contributed by atoms with Crippen LogP contribution in [0.15, 0.2) is 54.6 Å². The van der Waals surface area contributed by atoms with Crippen LogP contribution >= 0.6 is 0 Å². The van der Waals surface area contributed by atoms with Gasteiger partial charge in [0.05, 0.1) is 19.1 Å². The zero-order valence-corrected chi connectivity index (χ0v) is 16.6. The van der Waals surface area contributed by atoms with Crippen molar-refractivity contribution in [2.24, 2.45) is 5.92 Å². The number of ether oxygens (including phenoxy) is 1. The van der Waals surface area contributed by atoms with Gasteiger partial charge in [-0.1, -0.05) is 42.5 Å². The molecular weight excluding hydrogens is 368 g/mol. The first-order valence-corrected chi connectivity index (χ1v) is 9.96. The lowest BCUT2D eigenvalue weighted by atomic mass is 9.97. The maximum Gasteiger partial charge on any atom is 0.309 e. The molecular formula is C23H26N2O4. The molecule has 2 aromatic rings. The Morgan fingerprint density at radius 1 is 0.966 bits per heavy atom. The van der Waals surface area contributed by atoms with Crippen LogP contribution in [0.25, 0.3) is 11.1 Å². The summed E-state index contributed by atoms with van der Waals surface area (Å²) in [6, 6.07) is 17.2. The largest absolute Gasteiger partial charge is 0.466 e. The lowest BCUT2D eigenvalue weighted by molar-refractivity contribution is -0.151. The van der Waals surface area contributed by atoms with Gasteiger partial charge in [-0.2, -0.15) is 0 Å². The highest BCUT2D eigenvalue weighted by atomic mass is 16.5. The Balaban J connectivity index is 1.47. The fourth-order valence-corrected chi connectivity index (χ4v) is 3.44. The van der Waals surface area contributed by atoms with E-state index in [-0.39, 0.29) is 30.2 Å². The lowest BCUT2D eigenvalue weighted by Gasteiger charge is -2.30. The van der Waals surface area contributed by atoms with Gasteiger partial charge >= 0.3 is 5.97 Å². The van der Waals surface area contributed by atoms with E-state index in [0.717, 1.165) is 11.1 Å². The molecule has 1 aliphatic heterocycles. The van der Waals surface area contributed by atoms with E-state index in [2.05, 4.69) is 5.32 Å². The van der Waals surface area contributed by atoms with E-state index in [1.807, 2.05) is 42.5 Å². The van der Waals surface area contributed by atoms with E-state index in [4.69, 9.17) is 4.74 Å². The molecule has 3 rings (SSSR count). The fourth-order valence-electron chi connectivity index (χ4n) is 3.44. The summed E-state index contributed by atoms with van der Waals surface area (Å²) in [4.78, 5) is 38.2. The third kappa shape index (κ3) is 5.44. The fraction of sp³-hybridized carbons (Fsp3) is 0.348. The minimum Gasteiger partial charge on any atom is -0.466 e. The van der Waals surface area contributed by atoms with Crippen molar-refractivity contribution in [1.82, 2.24) is 10.2 Å². The van der Waals surface area contributed by atoms with E-state index < -0.39 is 0 Å². The zero-order chi connectivity index (χ0) is 20.6. The van der Waals surface area contributed by atoms with E-state index in [1.165, 1.54) is 0 Å². The van der Waals surface area contributed by atoms with Gasteiger partial charge in [-0.3, -0.25) is 14.4 Å². The Morgan fingerprint density at radius 2 is 1.59 bits per heavy atom. The Bertz CT molecular complexity index is 841. The molecule has 0 unspecified atom stereocenters. The highest BCUT2D eigenvalue weighted by Crippen LogP contribution is 2.20. The molecule has 0 bridgehead atoms. The number of esters is 1. The summed E-state index contributed by atoms with van der Waals surface area (Å²) >= 11 is 0. The number of nitrogens with zero attached hydrogens (tertiary/aromatic N) is 1. The highest BCUT2D eigenvalue weighted by Gasteiger charge is 2.28. The molecule has 2 amide bonds. The first kappa shape index (κ1) is 20.6. The Kier molecular flexibility index (Phi) is 7.00. The summed E-state index contributed by atoms with van der Waals surface area (Å²) in [6.07, 6.45) is 1.19. The third-order valence-corrected chi connectivity index (χ3v) is 5.12. The van der Waals surface area contributed by atoms with Crippen molar-refractivity contribution in [2.45, 2.75) is 19.8 Å². The van der Waals surface area contributed by atoms with Crippen LogP contribution in [0.2, 0.25) is 0 Å². The van der Waals surface area contributed by atoms with Crippen molar-refractivity contribution < 1.29 is 19.1 Å². The Labute approximate surface area is 170 Å². The molecule has 0 aliphatic carbocycles. The second kappa shape index (κ2) is 9.87. The number of likely N-dealkylation sites (tertiary alicyclic amines) is 1. The van der Waals surface area contributed by atoms with Crippen LogP contribution in [0.1, 0.15) is 30.1 Å². The average molecular weight is 394 g/mol. The molecule has 152 valence electrons. The van der Waals surface area contributed by atoms with E-state index in [1.54, 1.807) is 24.0 Å². The van der Waals surface area contributed by atoms with Crippen LogP contribution < -0.4 is 5.32 Å². The van der Waals surface area contributed by atoms with Crippen LogP contribution in [0.4, 0.5) is 0 Å². The number of piperidine rings is 1. The second-order valence-corrected chi connectivity index (χ2v) is 7.03. The molecule has 1 aliphatic rings. The lowest BCUT2D eigenvalue weighted by Crippen LogP contribution is -2.45. The van der Waals surface area contributed by atoms with Crippen molar-refractivity contribution >= 4 is 17.8 Å². The summed E-state index contributed by atoms with van der Waals surface area (Å²) in [6.45, 7) is 3.11. The molecule has 1 saturated heterocycles. The quantitative estimate of drug-likeness (QED) is 0.765. The topological polar surface area (TPSA) is 75.7 Å². The van der Waals surface area contributed by atoms with Gasteiger partial charge in [0, 0.05) is 18.7 Å². The monoisotopic (exact) mass is 394 g/mol.